The highest BCUT2D eigenvalue weighted by Gasteiger charge is 2.18. The zero-order valence-corrected chi connectivity index (χ0v) is 17.9. The molecule has 0 unspecified atom stereocenters. The molecular formula is C16H27N5S4. The number of hydrogen-bond donors (Lipinski definition) is 7. The highest BCUT2D eigenvalue weighted by Crippen LogP contribution is 2.22. The summed E-state index contributed by atoms with van der Waals surface area (Å²) in [6.07, 6.45) is 3.13. The summed E-state index contributed by atoms with van der Waals surface area (Å²) in [4.78, 5) is 0. The van der Waals surface area contributed by atoms with Gasteiger partial charge >= 0.3 is 0 Å². The van der Waals surface area contributed by atoms with Gasteiger partial charge in [-0.25, -0.2) is 0 Å². The predicted molar refractivity (Wildman–Crippen MR) is 119 cm³/mol. The molecule has 5 nitrogen and oxygen atoms in total. The molecule has 0 aliphatic heterocycles. The van der Waals surface area contributed by atoms with Gasteiger partial charge in [0, 0.05) is 5.54 Å². The van der Waals surface area contributed by atoms with Crippen LogP contribution in [0.25, 0.3) is 0 Å². The Morgan fingerprint density at radius 2 is 1.64 bits per heavy atom. The van der Waals surface area contributed by atoms with Crippen molar-refractivity contribution in [3.05, 3.63) is 56.0 Å². The summed E-state index contributed by atoms with van der Waals surface area (Å²) >= 11 is 10.8. The van der Waals surface area contributed by atoms with Crippen LogP contribution < -0.4 is 26.6 Å². The molecule has 0 atom stereocenters. The lowest BCUT2D eigenvalue weighted by atomic mass is 9.96. The van der Waals surface area contributed by atoms with Crippen LogP contribution in [-0.4, -0.2) is 5.54 Å². The van der Waals surface area contributed by atoms with Crippen molar-refractivity contribution in [2.45, 2.75) is 38.6 Å². The van der Waals surface area contributed by atoms with E-state index in [1.54, 1.807) is 0 Å². The van der Waals surface area contributed by atoms with Crippen LogP contribution in [0.1, 0.15) is 32.3 Å². The highest BCUT2D eigenvalue weighted by atomic mass is 32.2. The predicted octanol–water partition coefficient (Wildman–Crippen LogP) is 3.25. The minimum Gasteiger partial charge on any atom is -0.392 e. The molecular weight excluding hydrogens is 390 g/mol. The average Bonchev–Trinajstić information content (AvgIpc) is 2.54. The number of aryl methyl sites for hydroxylation is 1. The van der Waals surface area contributed by atoms with Gasteiger partial charge in [-0.2, -0.15) is 4.13 Å². The maximum absolute atomic E-state index is 6.03. The van der Waals surface area contributed by atoms with E-state index < -0.39 is 0 Å². The third kappa shape index (κ3) is 9.50. The van der Waals surface area contributed by atoms with Gasteiger partial charge in [-0.15, -0.1) is 25.3 Å². The lowest BCUT2D eigenvalue weighted by Crippen LogP contribution is -2.38. The van der Waals surface area contributed by atoms with Crippen LogP contribution in [0, 0.1) is 0 Å². The Bertz CT molecular complexity index is 598. The average molecular weight is 418 g/mol. The van der Waals surface area contributed by atoms with Crippen molar-refractivity contribution in [1.82, 2.24) is 9.44 Å². The molecule has 1 rings (SSSR count). The third-order valence-corrected chi connectivity index (χ3v) is 5.78. The molecule has 0 aliphatic carbocycles. The fraction of sp³-hybridized carbons (Fsp3) is 0.375. The van der Waals surface area contributed by atoms with Crippen molar-refractivity contribution in [2.75, 3.05) is 0 Å². The largest absolute Gasteiger partial charge is 0.392 e. The first-order valence-electron chi connectivity index (χ1n) is 7.75. The first-order valence-corrected chi connectivity index (χ1v) is 10.3. The Balaban J connectivity index is 2.43. The first kappa shape index (κ1) is 22.3. The first-order chi connectivity index (χ1) is 11.7. The lowest BCUT2D eigenvalue weighted by molar-refractivity contribution is 0.394. The number of nitrogens with two attached hydrogens (primary N) is 3. The minimum atomic E-state index is -0.112. The Labute approximate surface area is 170 Å². The van der Waals surface area contributed by atoms with E-state index in [0.29, 0.717) is 15.1 Å². The molecule has 1 aromatic carbocycles. The van der Waals surface area contributed by atoms with Crippen LogP contribution in [-0.2, 0) is 6.42 Å². The van der Waals surface area contributed by atoms with E-state index in [9.17, 15) is 0 Å². The molecule has 0 aliphatic rings. The fourth-order valence-corrected chi connectivity index (χ4v) is 3.75. The number of benzene rings is 1. The maximum atomic E-state index is 6.03. The Hall–Kier alpha value is -0.740. The molecule has 0 aromatic heterocycles. The van der Waals surface area contributed by atoms with Crippen molar-refractivity contribution < 1.29 is 0 Å². The topological polar surface area (TPSA) is 102 Å². The van der Waals surface area contributed by atoms with Gasteiger partial charge in [0.2, 0.25) is 0 Å². The molecule has 0 bridgehead atoms. The Kier molecular flexibility index (Phi) is 9.88. The van der Waals surface area contributed by atoms with E-state index in [1.165, 1.54) is 17.5 Å². The smallest absolute Gasteiger partial charge is 0.112 e. The number of thiol groups is 2. The van der Waals surface area contributed by atoms with Gasteiger partial charge in [-0.3, -0.25) is 0 Å². The van der Waals surface area contributed by atoms with E-state index in [1.807, 2.05) is 6.07 Å². The molecule has 1 aromatic rings. The van der Waals surface area contributed by atoms with Crippen molar-refractivity contribution in [2.24, 2.45) is 17.2 Å². The SMILES string of the molecule is CC(C)(CCCc1ccccc1)N/C(S)=C(\N)SNS/C(N)=C(/N)S. The molecule has 0 saturated carbocycles. The van der Waals surface area contributed by atoms with Crippen LogP contribution in [0.2, 0.25) is 0 Å². The molecule has 8 N–H and O–H groups in total. The molecule has 0 saturated heterocycles. The zero-order chi connectivity index (χ0) is 18.9. The van der Waals surface area contributed by atoms with Gasteiger partial charge in [-0.05, 0) is 62.6 Å². The van der Waals surface area contributed by atoms with Crippen LogP contribution in [0.5, 0.6) is 0 Å². The molecule has 140 valence electrons. The van der Waals surface area contributed by atoms with E-state index in [2.05, 4.69) is 72.8 Å². The van der Waals surface area contributed by atoms with Gasteiger partial charge in [0.1, 0.15) is 10.1 Å². The van der Waals surface area contributed by atoms with Crippen molar-refractivity contribution >= 4 is 49.2 Å². The van der Waals surface area contributed by atoms with Crippen molar-refractivity contribution in [3.63, 3.8) is 0 Å². The van der Waals surface area contributed by atoms with E-state index in [4.69, 9.17) is 17.2 Å². The van der Waals surface area contributed by atoms with Gasteiger partial charge in [0.15, 0.2) is 0 Å². The Morgan fingerprint density at radius 3 is 2.24 bits per heavy atom. The molecule has 0 spiro atoms. The molecule has 0 fully saturated rings. The van der Waals surface area contributed by atoms with E-state index in [-0.39, 0.29) is 10.6 Å². The van der Waals surface area contributed by atoms with E-state index in [0.717, 1.165) is 31.2 Å². The molecule has 0 amide bonds. The molecule has 0 heterocycles. The second-order valence-electron chi connectivity index (χ2n) is 6.10. The summed E-state index contributed by atoms with van der Waals surface area (Å²) in [5.74, 6) is 0. The molecule has 9 heteroatoms. The summed E-state index contributed by atoms with van der Waals surface area (Å²) in [5, 5.41) is 5.18. The maximum Gasteiger partial charge on any atom is 0.112 e. The Morgan fingerprint density at radius 1 is 1.04 bits per heavy atom. The standard InChI is InChI=1S/C16H27N5S4/c1-16(2,10-6-9-11-7-4-3-5-8-11)20-15(23)14(19)25-21-24-13(18)12(17)22/h3-5,7-8,20-23H,6,9-10,17-19H2,1-2H3/b13-12-,15-14-. The normalized spacial score (nSPS) is 13.9. The monoisotopic (exact) mass is 417 g/mol. The number of rotatable bonds is 10. The van der Waals surface area contributed by atoms with Gasteiger partial charge in [0.25, 0.3) is 0 Å². The van der Waals surface area contributed by atoms with Gasteiger partial charge in [-0.1, -0.05) is 30.3 Å². The molecule has 25 heavy (non-hydrogen) atoms. The lowest BCUT2D eigenvalue weighted by Gasteiger charge is -2.28. The summed E-state index contributed by atoms with van der Waals surface area (Å²) in [6.45, 7) is 4.27. The summed E-state index contributed by atoms with van der Waals surface area (Å²) < 4.78 is 2.95. The minimum absolute atomic E-state index is 0.112. The summed E-state index contributed by atoms with van der Waals surface area (Å²) in [6, 6.07) is 10.5. The number of hydrogen-bond acceptors (Lipinski definition) is 9. The fourth-order valence-electron chi connectivity index (χ4n) is 2.03. The second kappa shape index (κ2) is 11.1. The van der Waals surface area contributed by atoms with Crippen molar-refractivity contribution in [3.8, 4) is 0 Å². The summed E-state index contributed by atoms with van der Waals surface area (Å²) in [5.41, 5.74) is 18.4. The molecule has 0 radical (unpaired) electrons. The quantitative estimate of drug-likeness (QED) is 0.232. The van der Waals surface area contributed by atoms with Crippen LogP contribution in [0.15, 0.2) is 50.4 Å². The van der Waals surface area contributed by atoms with Crippen LogP contribution in [0.3, 0.4) is 0 Å². The van der Waals surface area contributed by atoms with Gasteiger partial charge < -0.3 is 22.5 Å². The van der Waals surface area contributed by atoms with Crippen molar-refractivity contribution in [1.29, 1.82) is 0 Å². The second-order valence-corrected chi connectivity index (χ2v) is 8.98. The van der Waals surface area contributed by atoms with Crippen LogP contribution in [0.4, 0.5) is 0 Å². The van der Waals surface area contributed by atoms with E-state index >= 15 is 0 Å². The van der Waals surface area contributed by atoms with Gasteiger partial charge in [0.05, 0.1) is 10.1 Å². The van der Waals surface area contributed by atoms with Crippen LogP contribution >= 0.6 is 49.2 Å². The number of nitrogens with one attached hydrogen (secondary N) is 2. The third-order valence-electron chi connectivity index (χ3n) is 3.36. The highest BCUT2D eigenvalue weighted by molar-refractivity contribution is 8.16. The summed E-state index contributed by atoms with van der Waals surface area (Å²) in [7, 11) is 0. The zero-order valence-electron chi connectivity index (χ0n) is 14.5.